The predicted octanol–water partition coefficient (Wildman–Crippen LogP) is 2.99. The molecule has 0 spiro atoms. The van der Waals surface area contributed by atoms with Crippen LogP contribution in [0.1, 0.15) is 60.3 Å². The molecule has 0 aromatic carbocycles. The molecule has 2 saturated carbocycles. The zero-order chi connectivity index (χ0) is 15.1. The van der Waals surface area contributed by atoms with Gasteiger partial charge < -0.3 is 14.9 Å². The van der Waals surface area contributed by atoms with Crippen LogP contribution in [0.25, 0.3) is 0 Å². The van der Waals surface area contributed by atoms with E-state index in [1.165, 1.54) is 0 Å². The third-order valence-electron chi connectivity index (χ3n) is 6.01. The summed E-state index contributed by atoms with van der Waals surface area (Å²) in [6.07, 6.45) is 3.28. The normalized spacial score (nSPS) is 49.2. The van der Waals surface area contributed by atoms with Crippen LogP contribution in [0.2, 0.25) is 0 Å². The molecule has 0 bridgehead atoms. The molecule has 0 heterocycles. The molecule has 0 radical (unpaired) electrons. The predicted molar refractivity (Wildman–Crippen MR) is 80.4 cm³/mol. The summed E-state index contributed by atoms with van der Waals surface area (Å²) < 4.78 is 6.11. The van der Waals surface area contributed by atoms with E-state index in [1.54, 1.807) is 0 Å². The fraction of sp³-hybridized carbons (Fsp3) is 1.00. The average Bonchev–Trinajstić information content (AvgIpc) is 2.59. The first-order valence-corrected chi connectivity index (χ1v) is 8.27. The van der Waals surface area contributed by atoms with Crippen molar-refractivity contribution in [2.45, 2.75) is 77.6 Å². The Morgan fingerprint density at radius 2 is 1.85 bits per heavy atom. The maximum atomic E-state index is 10.9. The minimum absolute atomic E-state index is 0.0612. The number of hydrogen-bond donors (Lipinski definition) is 2. The van der Waals surface area contributed by atoms with Crippen molar-refractivity contribution in [3.05, 3.63) is 0 Å². The maximum Gasteiger partial charge on any atom is 0.0687 e. The SMILES string of the molecule is CCOC1(C)CCC(C(C)C)C(O)C2C1CCC2(C)O. The van der Waals surface area contributed by atoms with Gasteiger partial charge in [0, 0.05) is 12.5 Å². The van der Waals surface area contributed by atoms with Crippen molar-refractivity contribution < 1.29 is 14.9 Å². The summed E-state index contributed by atoms with van der Waals surface area (Å²) in [5.41, 5.74) is -0.968. The van der Waals surface area contributed by atoms with Gasteiger partial charge in [0.2, 0.25) is 0 Å². The Morgan fingerprint density at radius 1 is 1.20 bits per heavy atom. The van der Waals surface area contributed by atoms with Crippen molar-refractivity contribution in [2.24, 2.45) is 23.7 Å². The first-order chi connectivity index (χ1) is 9.23. The van der Waals surface area contributed by atoms with Crippen LogP contribution in [0.5, 0.6) is 0 Å². The summed E-state index contributed by atoms with van der Waals surface area (Å²) in [7, 11) is 0. The Balaban J connectivity index is 2.37. The molecule has 6 atom stereocenters. The van der Waals surface area contributed by atoms with E-state index in [0.717, 1.165) is 25.7 Å². The molecule has 118 valence electrons. The van der Waals surface area contributed by atoms with Gasteiger partial charge >= 0.3 is 0 Å². The standard InChI is InChI=1S/C17H32O3/c1-6-20-17(5)10-7-12(11(2)3)15(18)14-13(17)8-9-16(14,4)19/h11-15,18-19H,6-10H2,1-5H3. The van der Waals surface area contributed by atoms with Gasteiger partial charge in [-0.25, -0.2) is 0 Å². The average molecular weight is 284 g/mol. The summed E-state index contributed by atoms with van der Waals surface area (Å²) in [6.45, 7) is 11.2. The van der Waals surface area contributed by atoms with Gasteiger partial charge in [-0.3, -0.25) is 0 Å². The Kier molecular flexibility index (Phi) is 4.54. The highest BCUT2D eigenvalue weighted by atomic mass is 16.5. The van der Waals surface area contributed by atoms with Crippen molar-refractivity contribution >= 4 is 0 Å². The molecule has 6 unspecified atom stereocenters. The maximum absolute atomic E-state index is 10.9. The lowest BCUT2D eigenvalue weighted by molar-refractivity contribution is -0.121. The fourth-order valence-corrected chi connectivity index (χ4v) is 4.83. The second-order valence-electron chi connectivity index (χ2n) is 7.71. The topological polar surface area (TPSA) is 49.7 Å². The van der Waals surface area contributed by atoms with Crippen LogP contribution in [0.15, 0.2) is 0 Å². The van der Waals surface area contributed by atoms with Crippen molar-refractivity contribution in [2.75, 3.05) is 6.61 Å². The van der Waals surface area contributed by atoms with E-state index >= 15 is 0 Å². The zero-order valence-electron chi connectivity index (χ0n) is 13.7. The molecule has 20 heavy (non-hydrogen) atoms. The lowest BCUT2D eigenvalue weighted by atomic mass is 9.73. The summed E-state index contributed by atoms with van der Waals surface area (Å²) in [5, 5.41) is 21.7. The van der Waals surface area contributed by atoms with Crippen molar-refractivity contribution in [3.63, 3.8) is 0 Å². The first kappa shape index (κ1) is 16.3. The van der Waals surface area contributed by atoms with Crippen LogP contribution in [0.3, 0.4) is 0 Å². The van der Waals surface area contributed by atoms with E-state index in [-0.39, 0.29) is 23.4 Å². The summed E-state index contributed by atoms with van der Waals surface area (Å²) in [6, 6.07) is 0. The highest BCUT2D eigenvalue weighted by Crippen LogP contribution is 2.54. The molecule has 3 nitrogen and oxygen atoms in total. The molecule has 2 rings (SSSR count). The molecule has 3 heteroatoms. The Hall–Kier alpha value is -0.120. The monoisotopic (exact) mass is 284 g/mol. The molecular formula is C17H32O3. The van der Waals surface area contributed by atoms with Crippen molar-refractivity contribution in [1.29, 1.82) is 0 Å². The number of rotatable bonds is 3. The van der Waals surface area contributed by atoms with Gasteiger partial charge in [-0.1, -0.05) is 13.8 Å². The fourth-order valence-electron chi connectivity index (χ4n) is 4.83. The van der Waals surface area contributed by atoms with Crippen LogP contribution in [-0.2, 0) is 4.74 Å². The van der Waals surface area contributed by atoms with Gasteiger partial charge in [-0.15, -0.1) is 0 Å². The van der Waals surface area contributed by atoms with E-state index < -0.39 is 11.7 Å². The number of fused-ring (bicyclic) bond motifs is 1. The molecular weight excluding hydrogens is 252 g/mol. The molecule has 0 aromatic rings. The minimum atomic E-state index is -0.764. The van der Waals surface area contributed by atoms with Crippen molar-refractivity contribution in [3.8, 4) is 0 Å². The number of ether oxygens (including phenoxy) is 1. The molecule has 0 aliphatic heterocycles. The molecule has 2 fully saturated rings. The zero-order valence-corrected chi connectivity index (χ0v) is 13.7. The number of aliphatic hydroxyl groups is 2. The van der Waals surface area contributed by atoms with Crippen LogP contribution in [0.4, 0.5) is 0 Å². The highest BCUT2D eigenvalue weighted by molar-refractivity contribution is 5.07. The molecule has 0 saturated heterocycles. The second-order valence-corrected chi connectivity index (χ2v) is 7.71. The van der Waals surface area contributed by atoms with Crippen LogP contribution < -0.4 is 0 Å². The lowest BCUT2D eigenvalue weighted by Crippen LogP contribution is -2.48. The number of hydrogen-bond acceptors (Lipinski definition) is 3. The largest absolute Gasteiger partial charge is 0.392 e. The van der Waals surface area contributed by atoms with Crippen molar-refractivity contribution in [1.82, 2.24) is 0 Å². The Morgan fingerprint density at radius 3 is 2.40 bits per heavy atom. The smallest absolute Gasteiger partial charge is 0.0687 e. The molecule has 2 aliphatic carbocycles. The van der Waals surface area contributed by atoms with E-state index in [0.29, 0.717) is 12.5 Å². The minimum Gasteiger partial charge on any atom is -0.392 e. The third-order valence-corrected chi connectivity index (χ3v) is 6.01. The van der Waals surface area contributed by atoms with E-state index in [1.807, 2.05) is 13.8 Å². The molecule has 2 N–H and O–H groups in total. The second kappa shape index (κ2) is 5.58. The van der Waals surface area contributed by atoms with E-state index in [4.69, 9.17) is 4.74 Å². The van der Waals surface area contributed by atoms with Gasteiger partial charge in [-0.2, -0.15) is 0 Å². The summed E-state index contributed by atoms with van der Waals surface area (Å²) in [4.78, 5) is 0. The highest BCUT2D eigenvalue weighted by Gasteiger charge is 2.57. The van der Waals surface area contributed by atoms with Crippen LogP contribution >= 0.6 is 0 Å². The van der Waals surface area contributed by atoms with E-state index in [2.05, 4.69) is 20.8 Å². The Labute approximate surface area is 123 Å². The van der Waals surface area contributed by atoms with Gasteiger partial charge in [0.25, 0.3) is 0 Å². The van der Waals surface area contributed by atoms with Gasteiger partial charge in [0.1, 0.15) is 0 Å². The number of aliphatic hydroxyl groups excluding tert-OH is 1. The Bertz CT molecular complexity index is 339. The molecule has 0 aromatic heterocycles. The van der Waals surface area contributed by atoms with Gasteiger partial charge in [0.15, 0.2) is 0 Å². The third kappa shape index (κ3) is 2.65. The summed E-state index contributed by atoms with van der Waals surface area (Å²) in [5.74, 6) is 0.894. The summed E-state index contributed by atoms with van der Waals surface area (Å²) >= 11 is 0. The van der Waals surface area contributed by atoms with Crippen LogP contribution in [0, 0.1) is 23.7 Å². The van der Waals surface area contributed by atoms with E-state index in [9.17, 15) is 10.2 Å². The van der Waals surface area contributed by atoms with Gasteiger partial charge in [-0.05, 0) is 64.2 Å². The van der Waals surface area contributed by atoms with Crippen LogP contribution in [-0.4, -0.2) is 34.1 Å². The quantitative estimate of drug-likeness (QED) is 0.837. The lowest BCUT2D eigenvalue weighted by Gasteiger charge is -2.41. The van der Waals surface area contributed by atoms with Gasteiger partial charge in [0.05, 0.1) is 17.3 Å². The molecule has 2 aliphatic rings. The first-order valence-electron chi connectivity index (χ1n) is 8.27. The molecule has 0 amide bonds.